The van der Waals surface area contributed by atoms with Crippen molar-refractivity contribution in [2.45, 2.75) is 31.8 Å². The summed E-state index contributed by atoms with van der Waals surface area (Å²) in [5.41, 5.74) is 0. The molecule has 1 saturated heterocycles. The van der Waals surface area contributed by atoms with Gasteiger partial charge in [0.1, 0.15) is 0 Å². The summed E-state index contributed by atoms with van der Waals surface area (Å²) >= 11 is 0. The van der Waals surface area contributed by atoms with E-state index < -0.39 is 0 Å². The molecule has 1 heterocycles. The van der Waals surface area contributed by atoms with Crippen LogP contribution in [0.1, 0.15) is 25.7 Å². The fourth-order valence-corrected chi connectivity index (χ4v) is 1.15. The standard InChI is InChI=1S/C10H18O2/c1-2-7-11-8-5-3-4-6-10-9-12-10/h2,10H,1,3-9H2. The van der Waals surface area contributed by atoms with E-state index in [0.717, 1.165) is 13.2 Å². The fourth-order valence-electron chi connectivity index (χ4n) is 1.15. The van der Waals surface area contributed by atoms with E-state index >= 15 is 0 Å². The predicted octanol–water partition coefficient (Wildman–Crippen LogP) is 2.15. The molecule has 2 nitrogen and oxygen atoms in total. The summed E-state index contributed by atoms with van der Waals surface area (Å²) in [6, 6.07) is 0. The van der Waals surface area contributed by atoms with E-state index in [9.17, 15) is 0 Å². The Morgan fingerprint density at radius 3 is 2.92 bits per heavy atom. The first-order valence-corrected chi connectivity index (χ1v) is 4.73. The second kappa shape index (κ2) is 6.21. The van der Waals surface area contributed by atoms with Crippen LogP contribution in [0, 0.1) is 0 Å². The lowest BCUT2D eigenvalue weighted by Gasteiger charge is -2.00. The first-order chi connectivity index (χ1) is 5.93. The first kappa shape index (κ1) is 9.75. The van der Waals surface area contributed by atoms with E-state index in [0.29, 0.717) is 12.7 Å². The Hall–Kier alpha value is -0.340. The second-order valence-corrected chi connectivity index (χ2v) is 3.17. The van der Waals surface area contributed by atoms with Crippen molar-refractivity contribution < 1.29 is 9.47 Å². The lowest BCUT2D eigenvalue weighted by Crippen LogP contribution is -1.94. The molecule has 1 atom stereocenters. The molecular weight excluding hydrogens is 152 g/mol. The highest BCUT2D eigenvalue weighted by Gasteiger charge is 2.20. The predicted molar refractivity (Wildman–Crippen MR) is 49.2 cm³/mol. The summed E-state index contributed by atoms with van der Waals surface area (Å²) in [6.07, 6.45) is 7.33. The van der Waals surface area contributed by atoms with E-state index in [-0.39, 0.29) is 0 Å². The van der Waals surface area contributed by atoms with Crippen LogP contribution in [0.2, 0.25) is 0 Å². The van der Waals surface area contributed by atoms with Gasteiger partial charge in [-0.1, -0.05) is 18.9 Å². The molecule has 1 aliphatic heterocycles. The first-order valence-electron chi connectivity index (χ1n) is 4.73. The topological polar surface area (TPSA) is 21.8 Å². The van der Waals surface area contributed by atoms with Gasteiger partial charge in [0.25, 0.3) is 0 Å². The summed E-state index contributed by atoms with van der Waals surface area (Å²) in [7, 11) is 0. The van der Waals surface area contributed by atoms with Gasteiger partial charge in [0.05, 0.1) is 19.3 Å². The SMILES string of the molecule is C=CCOCCCCCC1CO1. The Morgan fingerprint density at radius 2 is 2.25 bits per heavy atom. The zero-order valence-corrected chi connectivity index (χ0v) is 7.63. The molecule has 1 unspecified atom stereocenters. The molecule has 0 radical (unpaired) electrons. The number of rotatable bonds is 8. The normalized spacial score (nSPS) is 20.8. The van der Waals surface area contributed by atoms with Crippen LogP contribution in [0.4, 0.5) is 0 Å². The molecule has 2 heteroatoms. The van der Waals surface area contributed by atoms with Crippen molar-refractivity contribution in [3.05, 3.63) is 12.7 Å². The zero-order chi connectivity index (χ0) is 8.65. The molecule has 0 aromatic heterocycles. The third-order valence-corrected chi connectivity index (χ3v) is 1.95. The highest BCUT2D eigenvalue weighted by Crippen LogP contribution is 2.16. The van der Waals surface area contributed by atoms with Crippen molar-refractivity contribution >= 4 is 0 Å². The van der Waals surface area contributed by atoms with Gasteiger partial charge < -0.3 is 9.47 Å². The molecule has 0 spiro atoms. The number of unbranched alkanes of at least 4 members (excludes halogenated alkanes) is 2. The molecule has 12 heavy (non-hydrogen) atoms. The average molecular weight is 170 g/mol. The van der Waals surface area contributed by atoms with Crippen LogP contribution in [-0.4, -0.2) is 25.9 Å². The van der Waals surface area contributed by atoms with Crippen LogP contribution >= 0.6 is 0 Å². The average Bonchev–Trinajstić information content (AvgIpc) is 2.87. The largest absolute Gasteiger partial charge is 0.377 e. The maximum atomic E-state index is 5.26. The molecular formula is C10H18O2. The third-order valence-electron chi connectivity index (χ3n) is 1.95. The van der Waals surface area contributed by atoms with Gasteiger partial charge >= 0.3 is 0 Å². The molecule has 1 rings (SSSR count). The fraction of sp³-hybridized carbons (Fsp3) is 0.800. The number of hydrogen-bond donors (Lipinski definition) is 0. The van der Waals surface area contributed by atoms with Crippen LogP contribution in [0.15, 0.2) is 12.7 Å². The van der Waals surface area contributed by atoms with Crippen LogP contribution in [0.5, 0.6) is 0 Å². The Kier molecular flexibility index (Phi) is 5.04. The molecule has 0 bridgehead atoms. The summed E-state index contributed by atoms with van der Waals surface area (Å²) in [5, 5.41) is 0. The molecule has 70 valence electrons. The molecule has 1 fully saturated rings. The van der Waals surface area contributed by atoms with Crippen LogP contribution in [0.25, 0.3) is 0 Å². The van der Waals surface area contributed by atoms with E-state index in [4.69, 9.17) is 9.47 Å². The Balaban J connectivity index is 1.67. The zero-order valence-electron chi connectivity index (χ0n) is 7.63. The quantitative estimate of drug-likeness (QED) is 0.316. The molecule has 0 amide bonds. The lowest BCUT2D eigenvalue weighted by atomic mass is 10.2. The van der Waals surface area contributed by atoms with Crippen LogP contribution < -0.4 is 0 Å². The minimum Gasteiger partial charge on any atom is -0.377 e. The van der Waals surface area contributed by atoms with Crippen LogP contribution in [0.3, 0.4) is 0 Å². The second-order valence-electron chi connectivity index (χ2n) is 3.17. The minimum absolute atomic E-state index is 0.596. The van der Waals surface area contributed by atoms with E-state index in [1.165, 1.54) is 25.7 Å². The molecule has 0 aliphatic carbocycles. The van der Waals surface area contributed by atoms with Gasteiger partial charge in [-0.3, -0.25) is 0 Å². The number of ether oxygens (including phenoxy) is 2. The van der Waals surface area contributed by atoms with Gasteiger partial charge in [0.2, 0.25) is 0 Å². The van der Waals surface area contributed by atoms with Gasteiger partial charge in [0.15, 0.2) is 0 Å². The number of hydrogen-bond acceptors (Lipinski definition) is 2. The van der Waals surface area contributed by atoms with Crippen molar-refractivity contribution in [3.63, 3.8) is 0 Å². The molecule has 0 N–H and O–H groups in total. The van der Waals surface area contributed by atoms with Gasteiger partial charge in [-0.05, 0) is 12.8 Å². The highest BCUT2D eigenvalue weighted by molar-refractivity contribution is 4.68. The smallest absolute Gasteiger partial charge is 0.0810 e. The van der Waals surface area contributed by atoms with Gasteiger partial charge in [0, 0.05) is 6.61 Å². The van der Waals surface area contributed by atoms with Gasteiger partial charge in [-0.25, -0.2) is 0 Å². The monoisotopic (exact) mass is 170 g/mol. The van der Waals surface area contributed by atoms with Crippen molar-refractivity contribution in [2.24, 2.45) is 0 Å². The summed E-state index contributed by atoms with van der Waals surface area (Å²) < 4.78 is 10.4. The van der Waals surface area contributed by atoms with Crippen molar-refractivity contribution in [3.8, 4) is 0 Å². The summed E-state index contributed by atoms with van der Waals surface area (Å²) in [6.45, 7) is 6.14. The van der Waals surface area contributed by atoms with E-state index in [1.807, 2.05) is 0 Å². The van der Waals surface area contributed by atoms with Crippen molar-refractivity contribution in [2.75, 3.05) is 19.8 Å². The maximum absolute atomic E-state index is 5.26. The molecule has 0 aromatic carbocycles. The maximum Gasteiger partial charge on any atom is 0.0810 e. The van der Waals surface area contributed by atoms with Gasteiger partial charge in [-0.2, -0.15) is 0 Å². The molecule has 1 aliphatic rings. The third kappa shape index (κ3) is 5.33. The minimum atomic E-state index is 0.596. The van der Waals surface area contributed by atoms with Crippen molar-refractivity contribution in [1.82, 2.24) is 0 Å². The van der Waals surface area contributed by atoms with Gasteiger partial charge in [-0.15, -0.1) is 6.58 Å². The Bertz CT molecular complexity index is 119. The number of epoxide rings is 1. The van der Waals surface area contributed by atoms with E-state index in [2.05, 4.69) is 6.58 Å². The summed E-state index contributed by atoms with van der Waals surface area (Å²) in [5.74, 6) is 0. The highest BCUT2D eigenvalue weighted by atomic mass is 16.6. The molecule has 0 saturated carbocycles. The van der Waals surface area contributed by atoms with Crippen molar-refractivity contribution in [1.29, 1.82) is 0 Å². The summed E-state index contributed by atoms with van der Waals surface area (Å²) in [4.78, 5) is 0. The molecule has 0 aromatic rings. The van der Waals surface area contributed by atoms with Crippen LogP contribution in [-0.2, 0) is 9.47 Å². The Labute approximate surface area is 74.6 Å². The van der Waals surface area contributed by atoms with E-state index in [1.54, 1.807) is 6.08 Å². The lowest BCUT2D eigenvalue weighted by molar-refractivity contribution is 0.157. The Morgan fingerprint density at radius 1 is 1.42 bits per heavy atom.